The van der Waals surface area contributed by atoms with Gasteiger partial charge in [-0.05, 0) is 66.6 Å². The second-order valence-electron chi connectivity index (χ2n) is 9.57. The number of aryl methyl sites for hydroxylation is 1. The van der Waals surface area contributed by atoms with Crippen LogP contribution in [0.4, 0.5) is 0 Å². The van der Waals surface area contributed by atoms with Gasteiger partial charge in [-0.2, -0.15) is 0 Å². The van der Waals surface area contributed by atoms with Gasteiger partial charge in [0.1, 0.15) is 5.75 Å². The van der Waals surface area contributed by atoms with E-state index in [1.165, 1.54) is 10.5 Å². The zero-order valence-electron chi connectivity index (χ0n) is 21.3. The molecule has 5 nitrogen and oxygen atoms in total. The van der Waals surface area contributed by atoms with Crippen molar-refractivity contribution in [1.29, 1.82) is 0 Å². The Morgan fingerprint density at radius 2 is 1.53 bits per heavy atom. The summed E-state index contributed by atoms with van der Waals surface area (Å²) in [7, 11) is 0. The Morgan fingerprint density at radius 3 is 2.14 bits per heavy atom. The molecule has 1 aliphatic carbocycles. The van der Waals surface area contributed by atoms with Crippen LogP contribution in [0, 0.1) is 0 Å². The van der Waals surface area contributed by atoms with Crippen molar-refractivity contribution in [3.8, 4) is 16.9 Å². The van der Waals surface area contributed by atoms with E-state index >= 15 is 0 Å². The predicted octanol–water partition coefficient (Wildman–Crippen LogP) is 6.27. The van der Waals surface area contributed by atoms with Gasteiger partial charge in [-0.25, -0.2) is 0 Å². The van der Waals surface area contributed by atoms with Crippen molar-refractivity contribution in [2.45, 2.75) is 70.7 Å². The molecule has 36 heavy (non-hydrogen) atoms. The number of carbonyl (C=O) groups is 1. The summed E-state index contributed by atoms with van der Waals surface area (Å²) in [5.74, 6) is -2.50. The van der Waals surface area contributed by atoms with Gasteiger partial charge in [-0.15, -0.1) is 0 Å². The molecule has 1 saturated carbocycles. The lowest BCUT2D eigenvalue weighted by atomic mass is 10.0. The number of rotatable bonds is 12. The molecule has 4 rings (SSSR count). The molecule has 0 radical (unpaired) electrons. The molecule has 0 atom stereocenters. The van der Waals surface area contributed by atoms with E-state index in [0.717, 1.165) is 56.1 Å². The van der Waals surface area contributed by atoms with Crippen molar-refractivity contribution in [1.82, 2.24) is 4.90 Å². The second-order valence-corrected chi connectivity index (χ2v) is 9.57. The van der Waals surface area contributed by atoms with Crippen LogP contribution in [0.3, 0.4) is 0 Å². The van der Waals surface area contributed by atoms with Gasteiger partial charge in [0.2, 0.25) is 0 Å². The van der Waals surface area contributed by atoms with Gasteiger partial charge in [0.05, 0.1) is 12.2 Å². The molecular formula is C31H37NO4. The van der Waals surface area contributed by atoms with E-state index in [4.69, 9.17) is 4.74 Å². The van der Waals surface area contributed by atoms with E-state index in [1.807, 2.05) is 12.1 Å². The number of hydrogen-bond donors (Lipinski definition) is 2. The van der Waals surface area contributed by atoms with E-state index in [0.29, 0.717) is 17.9 Å². The van der Waals surface area contributed by atoms with Crippen molar-refractivity contribution in [3.63, 3.8) is 0 Å². The Kier molecular flexibility index (Phi) is 8.44. The number of aliphatic hydroxyl groups is 2. The number of carbonyl (C=O) groups excluding carboxylic acids is 1. The van der Waals surface area contributed by atoms with Crippen LogP contribution < -0.4 is 4.74 Å². The first-order valence-electron chi connectivity index (χ1n) is 13.2. The number of nitrogens with zero attached hydrogens (tertiary/aromatic N) is 1. The van der Waals surface area contributed by atoms with E-state index in [2.05, 4.69) is 38.1 Å². The average Bonchev–Trinajstić information content (AvgIpc) is 3.74. The molecule has 0 unspecified atom stereocenters. The quantitative estimate of drug-likeness (QED) is 0.233. The Hall–Kier alpha value is -3.15. The van der Waals surface area contributed by atoms with Gasteiger partial charge < -0.3 is 14.9 Å². The van der Waals surface area contributed by atoms with Gasteiger partial charge >= 0.3 is 0 Å². The number of ether oxygens (including phenoxy) is 1. The molecule has 0 spiro atoms. The van der Waals surface area contributed by atoms with Crippen LogP contribution in [0.25, 0.3) is 11.1 Å². The molecule has 1 fully saturated rings. The zero-order chi connectivity index (χ0) is 25.5. The molecule has 2 N–H and O–H groups in total. The molecule has 1 amide bonds. The molecule has 5 heteroatoms. The molecule has 1 aliphatic rings. The Bertz CT molecular complexity index is 1130. The fourth-order valence-electron chi connectivity index (χ4n) is 4.48. The fraction of sp³-hybridized carbons (Fsp3) is 0.387. The first-order chi connectivity index (χ1) is 17.5. The van der Waals surface area contributed by atoms with E-state index < -0.39 is 11.8 Å². The summed E-state index contributed by atoms with van der Waals surface area (Å²) in [5, 5.41) is 22.7. The number of amides is 1. The summed E-state index contributed by atoms with van der Waals surface area (Å²) in [4.78, 5) is 14.8. The lowest BCUT2D eigenvalue weighted by Crippen LogP contribution is -2.51. The summed E-state index contributed by atoms with van der Waals surface area (Å²) in [5.41, 5.74) is 3.97. The van der Waals surface area contributed by atoms with Crippen molar-refractivity contribution < 1.29 is 19.7 Å². The van der Waals surface area contributed by atoms with E-state index in [-0.39, 0.29) is 11.6 Å². The smallest absolute Gasteiger partial charge is 0.281 e. The van der Waals surface area contributed by atoms with Gasteiger partial charge in [0, 0.05) is 11.6 Å². The normalized spacial score (nSPS) is 13.4. The minimum Gasteiger partial charge on any atom is -0.493 e. The van der Waals surface area contributed by atoms with Crippen molar-refractivity contribution in [3.05, 3.63) is 89.5 Å². The van der Waals surface area contributed by atoms with Crippen molar-refractivity contribution in [2.24, 2.45) is 0 Å². The lowest BCUT2D eigenvalue weighted by molar-refractivity contribution is -0.259. The van der Waals surface area contributed by atoms with Crippen molar-refractivity contribution >= 4 is 5.91 Å². The molecule has 0 saturated heterocycles. The Labute approximate surface area is 214 Å². The third kappa shape index (κ3) is 5.97. The molecule has 0 aliphatic heterocycles. The minimum absolute atomic E-state index is 0.188. The third-order valence-electron chi connectivity index (χ3n) is 6.80. The molecule has 0 aromatic heterocycles. The first-order valence-corrected chi connectivity index (χ1v) is 13.2. The monoisotopic (exact) mass is 487 g/mol. The van der Waals surface area contributed by atoms with Crippen molar-refractivity contribution in [2.75, 3.05) is 6.61 Å². The van der Waals surface area contributed by atoms with Crippen LogP contribution in [0.2, 0.25) is 0 Å². The van der Waals surface area contributed by atoms with Gasteiger partial charge in [-0.1, -0.05) is 81.6 Å². The van der Waals surface area contributed by atoms with Gasteiger partial charge in [0.15, 0.2) is 0 Å². The summed E-state index contributed by atoms with van der Waals surface area (Å²) >= 11 is 0. The fourth-order valence-corrected chi connectivity index (χ4v) is 4.48. The topological polar surface area (TPSA) is 70.0 Å². The maximum absolute atomic E-state index is 13.6. The highest BCUT2D eigenvalue weighted by Gasteiger charge is 2.48. The maximum atomic E-state index is 13.6. The molecule has 3 aromatic carbocycles. The number of benzene rings is 3. The third-order valence-corrected chi connectivity index (χ3v) is 6.80. The van der Waals surface area contributed by atoms with Crippen LogP contribution in [0.1, 0.15) is 73.9 Å². The highest BCUT2D eigenvalue weighted by atomic mass is 16.5. The predicted molar refractivity (Wildman–Crippen MR) is 143 cm³/mol. The Morgan fingerprint density at radius 1 is 0.889 bits per heavy atom. The maximum Gasteiger partial charge on any atom is 0.281 e. The summed E-state index contributed by atoms with van der Waals surface area (Å²) in [6.07, 6.45) is 6.69. The van der Waals surface area contributed by atoms with Crippen LogP contribution in [-0.2, 0) is 12.3 Å². The molecule has 190 valence electrons. The van der Waals surface area contributed by atoms with Crippen LogP contribution >= 0.6 is 0 Å². The average molecular weight is 488 g/mol. The Balaban J connectivity index is 1.54. The minimum atomic E-state index is -2.48. The van der Waals surface area contributed by atoms with Crippen LogP contribution in [0.5, 0.6) is 5.75 Å². The summed E-state index contributed by atoms with van der Waals surface area (Å²) in [6.45, 7) is 4.77. The van der Waals surface area contributed by atoms with Gasteiger partial charge in [0.25, 0.3) is 11.8 Å². The highest BCUT2D eigenvalue weighted by Crippen LogP contribution is 2.40. The van der Waals surface area contributed by atoms with E-state index in [9.17, 15) is 15.0 Å². The highest BCUT2D eigenvalue weighted by molar-refractivity contribution is 5.95. The standard InChI is InChI=1S/C31H37NO4/c1-3-5-6-9-22-36-29-11-8-7-10-28(29)31(34,35)32(27-20-21-27)30(33)26-18-16-25(17-19-26)24-14-12-23(4-2)13-15-24/h7-8,10-19,27,34-35H,3-6,9,20-22H2,1-2H3. The number of para-hydroxylation sites is 1. The lowest BCUT2D eigenvalue weighted by Gasteiger charge is -2.36. The first kappa shape index (κ1) is 25.9. The zero-order valence-corrected chi connectivity index (χ0v) is 21.3. The SMILES string of the molecule is CCCCCCOc1ccccc1C(O)(O)N(C(=O)c1ccc(-c2ccc(CC)cc2)cc1)C1CC1. The molecule has 0 bridgehead atoms. The number of hydrogen-bond acceptors (Lipinski definition) is 4. The molecule has 3 aromatic rings. The van der Waals surface area contributed by atoms with Crippen LogP contribution in [-0.4, -0.2) is 33.7 Å². The number of unbranched alkanes of at least 4 members (excludes halogenated alkanes) is 3. The van der Waals surface area contributed by atoms with Gasteiger partial charge in [-0.3, -0.25) is 9.69 Å². The summed E-state index contributed by atoms with van der Waals surface area (Å²) < 4.78 is 5.93. The van der Waals surface area contributed by atoms with Crippen LogP contribution in [0.15, 0.2) is 72.8 Å². The van der Waals surface area contributed by atoms with E-state index in [1.54, 1.807) is 36.4 Å². The molecule has 0 heterocycles. The largest absolute Gasteiger partial charge is 0.493 e. The summed E-state index contributed by atoms with van der Waals surface area (Å²) in [6, 6.07) is 22.4. The second kappa shape index (κ2) is 11.7. The molecular weight excluding hydrogens is 450 g/mol.